The van der Waals surface area contributed by atoms with Crippen molar-refractivity contribution < 1.29 is 9.90 Å². The number of rotatable bonds is 4. The lowest BCUT2D eigenvalue weighted by molar-refractivity contribution is 0.0995. The molecule has 0 atom stereocenters. The average Bonchev–Trinajstić information content (AvgIpc) is 3.37. The predicted octanol–water partition coefficient (Wildman–Crippen LogP) is 6.56. The summed E-state index contributed by atoms with van der Waals surface area (Å²) in [5, 5.41) is 18.6. The zero-order chi connectivity index (χ0) is 22.1. The summed E-state index contributed by atoms with van der Waals surface area (Å²) in [6.07, 6.45) is 0. The molecule has 0 aliphatic heterocycles. The van der Waals surface area contributed by atoms with E-state index in [9.17, 15) is 9.90 Å². The van der Waals surface area contributed by atoms with Gasteiger partial charge in [-0.3, -0.25) is 4.79 Å². The number of carbonyl (C=O) groups excluding carboxylic acids is 1. The van der Waals surface area contributed by atoms with Gasteiger partial charge in [0.1, 0.15) is 0 Å². The number of amides is 1. The summed E-state index contributed by atoms with van der Waals surface area (Å²) in [6, 6.07) is 28.9. The van der Waals surface area contributed by atoms with E-state index in [0.717, 1.165) is 28.2 Å². The number of aromatic hydroxyl groups is 1. The molecule has 6 heteroatoms. The minimum absolute atomic E-state index is 0.116. The first kappa shape index (κ1) is 19.5. The number of H-pyrrole nitrogens is 1. The predicted molar refractivity (Wildman–Crippen MR) is 125 cm³/mol. The average molecular weight is 420 g/mol. The molecule has 0 bridgehead atoms. The number of azo groups is 1. The molecule has 6 nitrogen and oxygen atoms in total. The minimum Gasteiger partial charge on any atom is -0.493 e. The number of para-hydroxylation sites is 1. The van der Waals surface area contributed by atoms with E-state index in [0.29, 0.717) is 10.9 Å². The molecule has 0 saturated heterocycles. The van der Waals surface area contributed by atoms with Crippen LogP contribution in [0.4, 0.5) is 5.69 Å². The van der Waals surface area contributed by atoms with Gasteiger partial charge in [0, 0.05) is 22.3 Å². The standard InChI is InChI=1S/C26H20N4O2/c1-17-11-16-23(18-7-3-2-4-8-18)30(17)20-14-12-19(13-15-20)25(31)29-28-24-21-9-5-6-10-22(21)27-26(24)32/h2-16,27,32H,1H3. The summed E-state index contributed by atoms with van der Waals surface area (Å²) in [7, 11) is 0. The number of hydrogen-bond acceptors (Lipinski definition) is 3. The molecule has 0 radical (unpaired) electrons. The highest BCUT2D eigenvalue weighted by Crippen LogP contribution is 2.35. The SMILES string of the molecule is Cc1ccc(-c2ccccc2)n1-c1ccc(C(=O)N=Nc2c(O)[nH]c3ccccc23)cc1. The molecule has 0 aliphatic rings. The third-order valence-corrected chi connectivity index (χ3v) is 5.42. The quantitative estimate of drug-likeness (QED) is 0.323. The summed E-state index contributed by atoms with van der Waals surface area (Å²) >= 11 is 0. The van der Waals surface area contributed by atoms with Gasteiger partial charge < -0.3 is 14.7 Å². The van der Waals surface area contributed by atoms with Crippen molar-refractivity contribution in [2.75, 3.05) is 0 Å². The molecule has 5 rings (SSSR count). The monoisotopic (exact) mass is 420 g/mol. The fourth-order valence-corrected chi connectivity index (χ4v) is 3.84. The molecule has 5 aromatic rings. The van der Waals surface area contributed by atoms with Crippen molar-refractivity contribution in [1.29, 1.82) is 0 Å². The Morgan fingerprint density at radius 1 is 0.875 bits per heavy atom. The second-order valence-electron chi connectivity index (χ2n) is 7.48. The number of fused-ring (bicyclic) bond motifs is 1. The van der Waals surface area contributed by atoms with Gasteiger partial charge in [0.15, 0.2) is 5.69 Å². The van der Waals surface area contributed by atoms with Crippen molar-refractivity contribution in [2.45, 2.75) is 6.92 Å². The molecule has 0 saturated carbocycles. The number of hydrogen-bond donors (Lipinski definition) is 2. The van der Waals surface area contributed by atoms with Crippen LogP contribution in [0.3, 0.4) is 0 Å². The molecule has 0 aliphatic carbocycles. The van der Waals surface area contributed by atoms with Gasteiger partial charge in [0.05, 0.1) is 11.2 Å². The van der Waals surface area contributed by atoms with Crippen LogP contribution in [-0.2, 0) is 0 Å². The number of aromatic nitrogens is 2. The Hall–Kier alpha value is -4.45. The van der Waals surface area contributed by atoms with Crippen LogP contribution in [0.5, 0.6) is 5.88 Å². The van der Waals surface area contributed by atoms with Crippen molar-refractivity contribution in [3.8, 4) is 22.8 Å². The molecule has 2 N–H and O–H groups in total. The Morgan fingerprint density at radius 2 is 1.59 bits per heavy atom. The number of nitrogens with one attached hydrogen (secondary N) is 1. The molecule has 1 amide bonds. The van der Waals surface area contributed by atoms with Crippen LogP contribution in [0, 0.1) is 6.92 Å². The molecule has 2 aromatic heterocycles. The minimum atomic E-state index is -0.478. The van der Waals surface area contributed by atoms with Crippen LogP contribution in [0.15, 0.2) is 101 Å². The van der Waals surface area contributed by atoms with Crippen molar-refractivity contribution in [2.24, 2.45) is 10.2 Å². The van der Waals surface area contributed by atoms with Crippen molar-refractivity contribution in [3.63, 3.8) is 0 Å². The van der Waals surface area contributed by atoms with Crippen LogP contribution in [0.1, 0.15) is 16.1 Å². The topological polar surface area (TPSA) is 82.7 Å². The Balaban J connectivity index is 1.42. The molecule has 0 unspecified atom stereocenters. The summed E-state index contributed by atoms with van der Waals surface area (Å²) in [4.78, 5) is 15.4. The maximum atomic E-state index is 12.6. The van der Waals surface area contributed by atoms with Gasteiger partial charge in [0.2, 0.25) is 5.88 Å². The largest absolute Gasteiger partial charge is 0.493 e. The first-order valence-electron chi connectivity index (χ1n) is 10.2. The fourth-order valence-electron chi connectivity index (χ4n) is 3.84. The van der Waals surface area contributed by atoms with E-state index in [1.807, 2.05) is 61.5 Å². The summed E-state index contributed by atoms with van der Waals surface area (Å²) in [5.41, 5.74) is 5.65. The van der Waals surface area contributed by atoms with Gasteiger partial charge in [-0.1, -0.05) is 48.5 Å². The zero-order valence-corrected chi connectivity index (χ0v) is 17.4. The van der Waals surface area contributed by atoms with E-state index < -0.39 is 5.91 Å². The molecule has 3 aromatic carbocycles. The summed E-state index contributed by atoms with van der Waals surface area (Å²) in [6.45, 7) is 2.05. The third-order valence-electron chi connectivity index (χ3n) is 5.42. The number of aromatic amines is 1. The summed E-state index contributed by atoms with van der Waals surface area (Å²) < 4.78 is 2.15. The second kappa shape index (κ2) is 8.00. The van der Waals surface area contributed by atoms with Crippen molar-refractivity contribution >= 4 is 22.5 Å². The molecule has 0 spiro atoms. The van der Waals surface area contributed by atoms with E-state index >= 15 is 0 Å². The highest BCUT2D eigenvalue weighted by atomic mass is 16.3. The zero-order valence-electron chi connectivity index (χ0n) is 17.4. The smallest absolute Gasteiger partial charge is 0.295 e. The van der Waals surface area contributed by atoms with E-state index in [-0.39, 0.29) is 11.6 Å². The molecular formula is C26H20N4O2. The maximum absolute atomic E-state index is 12.6. The maximum Gasteiger partial charge on any atom is 0.295 e. The van der Waals surface area contributed by atoms with Gasteiger partial charge in [-0.25, -0.2) is 0 Å². The van der Waals surface area contributed by atoms with E-state index in [1.165, 1.54) is 0 Å². The van der Waals surface area contributed by atoms with Crippen LogP contribution >= 0.6 is 0 Å². The lowest BCUT2D eigenvalue weighted by Gasteiger charge is -2.12. The van der Waals surface area contributed by atoms with Crippen LogP contribution in [0.2, 0.25) is 0 Å². The van der Waals surface area contributed by atoms with E-state index in [4.69, 9.17) is 0 Å². The number of aryl methyl sites for hydroxylation is 1. The number of carbonyl (C=O) groups is 1. The Bertz CT molecular complexity index is 1440. The first-order chi connectivity index (χ1) is 15.6. The van der Waals surface area contributed by atoms with Gasteiger partial charge >= 0.3 is 0 Å². The van der Waals surface area contributed by atoms with Crippen molar-refractivity contribution in [1.82, 2.24) is 9.55 Å². The Labute approximate surface area is 184 Å². The van der Waals surface area contributed by atoms with Gasteiger partial charge in [-0.2, -0.15) is 0 Å². The summed E-state index contributed by atoms with van der Waals surface area (Å²) in [5.74, 6) is -0.594. The highest BCUT2D eigenvalue weighted by Gasteiger charge is 2.13. The first-order valence-corrected chi connectivity index (χ1v) is 10.2. The molecule has 32 heavy (non-hydrogen) atoms. The van der Waals surface area contributed by atoms with E-state index in [1.54, 1.807) is 12.1 Å². The Morgan fingerprint density at radius 3 is 2.38 bits per heavy atom. The normalized spacial score (nSPS) is 11.4. The molecule has 156 valence electrons. The van der Waals surface area contributed by atoms with Crippen molar-refractivity contribution in [3.05, 3.63) is 102 Å². The van der Waals surface area contributed by atoms with Gasteiger partial charge in [-0.15, -0.1) is 10.2 Å². The van der Waals surface area contributed by atoms with Crippen LogP contribution in [-0.4, -0.2) is 20.6 Å². The number of benzene rings is 3. The van der Waals surface area contributed by atoms with Gasteiger partial charge in [0.25, 0.3) is 5.91 Å². The van der Waals surface area contributed by atoms with Crippen LogP contribution < -0.4 is 0 Å². The molecule has 0 fully saturated rings. The van der Waals surface area contributed by atoms with Crippen LogP contribution in [0.25, 0.3) is 27.8 Å². The van der Waals surface area contributed by atoms with E-state index in [2.05, 4.69) is 44.0 Å². The van der Waals surface area contributed by atoms with Gasteiger partial charge in [-0.05, 0) is 55.0 Å². The Kier molecular flexibility index (Phi) is 4.88. The number of nitrogens with zero attached hydrogens (tertiary/aromatic N) is 3. The highest BCUT2D eigenvalue weighted by molar-refractivity contribution is 5.97. The molecule has 2 heterocycles. The fraction of sp³-hybridized carbons (Fsp3) is 0.0385. The second-order valence-corrected chi connectivity index (χ2v) is 7.48. The lowest BCUT2D eigenvalue weighted by Crippen LogP contribution is -2.00. The lowest BCUT2D eigenvalue weighted by atomic mass is 10.1. The molecular weight excluding hydrogens is 400 g/mol. The third kappa shape index (κ3) is 3.48.